The number of anilines is 1. The zero-order chi connectivity index (χ0) is 18.7. The quantitative estimate of drug-likeness (QED) is 0.764. The van der Waals surface area contributed by atoms with Gasteiger partial charge in [-0.3, -0.25) is 9.36 Å². The van der Waals surface area contributed by atoms with Crippen molar-refractivity contribution in [2.24, 2.45) is 0 Å². The van der Waals surface area contributed by atoms with E-state index in [0.29, 0.717) is 17.4 Å². The summed E-state index contributed by atoms with van der Waals surface area (Å²) in [5, 5.41) is 2.76. The van der Waals surface area contributed by atoms with Crippen molar-refractivity contribution >= 4 is 11.7 Å². The zero-order valence-corrected chi connectivity index (χ0v) is 15.2. The minimum absolute atomic E-state index is 0.282. The number of aryl methyl sites for hydroxylation is 3. The Morgan fingerprint density at radius 1 is 1.12 bits per heavy atom. The van der Waals surface area contributed by atoms with Crippen LogP contribution in [0.5, 0.6) is 5.75 Å². The topological polar surface area (TPSA) is 81.9 Å². The molecule has 134 valence electrons. The summed E-state index contributed by atoms with van der Waals surface area (Å²) in [6.07, 6.45) is 4.23. The third-order valence-corrected chi connectivity index (χ3v) is 4.14. The van der Waals surface area contributed by atoms with Crippen LogP contribution in [-0.4, -0.2) is 31.5 Å². The molecule has 0 saturated heterocycles. The van der Waals surface area contributed by atoms with Crippen molar-refractivity contribution in [3.05, 3.63) is 59.9 Å². The number of nitrogens with zero attached hydrogens (tertiary/aromatic N) is 4. The van der Waals surface area contributed by atoms with Gasteiger partial charge in [0.1, 0.15) is 29.5 Å². The number of rotatable bonds is 5. The maximum atomic E-state index is 12.4. The molecule has 0 radical (unpaired) electrons. The second-order valence-electron chi connectivity index (χ2n) is 6.10. The van der Waals surface area contributed by atoms with Crippen molar-refractivity contribution in [3.8, 4) is 11.6 Å². The maximum absolute atomic E-state index is 12.4. The summed E-state index contributed by atoms with van der Waals surface area (Å²) in [5.41, 5.74) is 2.30. The molecule has 1 N–H and O–H groups in total. The Morgan fingerprint density at radius 2 is 1.92 bits per heavy atom. The van der Waals surface area contributed by atoms with E-state index in [1.165, 1.54) is 11.9 Å². The molecule has 0 aliphatic carbocycles. The van der Waals surface area contributed by atoms with Crippen molar-refractivity contribution in [3.63, 3.8) is 0 Å². The summed E-state index contributed by atoms with van der Waals surface area (Å²) >= 11 is 0. The molecule has 1 amide bonds. The molecule has 2 aromatic heterocycles. The Bertz CT molecular complexity index is 935. The number of amides is 1. The van der Waals surface area contributed by atoms with Crippen LogP contribution in [-0.2, 0) is 4.79 Å². The van der Waals surface area contributed by atoms with Crippen molar-refractivity contribution in [1.29, 1.82) is 0 Å². The summed E-state index contributed by atoms with van der Waals surface area (Å²) in [6, 6.07) is 7.44. The molecule has 1 unspecified atom stereocenters. The van der Waals surface area contributed by atoms with E-state index in [9.17, 15) is 4.79 Å². The predicted octanol–water partition coefficient (Wildman–Crippen LogP) is 2.99. The monoisotopic (exact) mass is 351 g/mol. The number of aromatic nitrogens is 4. The predicted molar refractivity (Wildman–Crippen MR) is 98.5 cm³/mol. The van der Waals surface area contributed by atoms with Crippen molar-refractivity contribution in [2.75, 3.05) is 5.32 Å². The highest BCUT2D eigenvalue weighted by Gasteiger charge is 2.16. The van der Waals surface area contributed by atoms with Gasteiger partial charge in [-0.15, -0.1) is 0 Å². The van der Waals surface area contributed by atoms with Crippen LogP contribution in [0.3, 0.4) is 0 Å². The van der Waals surface area contributed by atoms with Crippen molar-refractivity contribution in [2.45, 2.75) is 33.8 Å². The first kappa shape index (κ1) is 17.6. The lowest BCUT2D eigenvalue weighted by molar-refractivity contribution is -0.122. The molecule has 1 aromatic carbocycles. The SMILES string of the molecule is Cc1ccc(OC(C)C(=O)Nc2cc(-n3ccnc3C)ncn2)cc1C. The largest absolute Gasteiger partial charge is 0.481 e. The molecule has 0 bridgehead atoms. The van der Waals surface area contributed by atoms with Crippen LogP contribution < -0.4 is 10.1 Å². The van der Waals surface area contributed by atoms with Crippen LogP contribution in [0.2, 0.25) is 0 Å². The van der Waals surface area contributed by atoms with Gasteiger partial charge in [-0.1, -0.05) is 6.07 Å². The van der Waals surface area contributed by atoms with Gasteiger partial charge in [0.25, 0.3) is 5.91 Å². The molecule has 0 spiro atoms. The number of imidazole rings is 1. The number of nitrogens with one attached hydrogen (secondary N) is 1. The minimum Gasteiger partial charge on any atom is -0.481 e. The minimum atomic E-state index is -0.662. The second-order valence-corrected chi connectivity index (χ2v) is 6.10. The summed E-state index contributed by atoms with van der Waals surface area (Å²) in [7, 11) is 0. The van der Waals surface area contributed by atoms with Crippen LogP contribution in [0.15, 0.2) is 43.0 Å². The number of carbonyl (C=O) groups is 1. The van der Waals surface area contributed by atoms with E-state index in [2.05, 4.69) is 20.3 Å². The van der Waals surface area contributed by atoms with Gasteiger partial charge in [-0.25, -0.2) is 15.0 Å². The Hall–Kier alpha value is -3.22. The molecular weight excluding hydrogens is 330 g/mol. The summed E-state index contributed by atoms with van der Waals surface area (Å²) < 4.78 is 7.55. The molecule has 1 atom stereocenters. The molecule has 7 nitrogen and oxygen atoms in total. The number of hydrogen-bond acceptors (Lipinski definition) is 5. The van der Waals surface area contributed by atoms with Gasteiger partial charge >= 0.3 is 0 Å². The van der Waals surface area contributed by atoms with E-state index in [0.717, 1.165) is 11.4 Å². The number of hydrogen-bond donors (Lipinski definition) is 1. The first-order valence-electron chi connectivity index (χ1n) is 8.31. The average molecular weight is 351 g/mol. The van der Waals surface area contributed by atoms with E-state index < -0.39 is 6.10 Å². The summed E-state index contributed by atoms with van der Waals surface area (Å²) in [6.45, 7) is 7.61. The van der Waals surface area contributed by atoms with Crippen LogP contribution in [0.25, 0.3) is 5.82 Å². The van der Waals surface area contributed by atoms with Crippen molar-refractivity contribution in [1.82, 2.24) is 19.5 Å². The van der Waals surface area contributed by atoms with Gasteiger partial charge in [-0.05, 0) is 51.0 Å². The highest BCUT2D eigenvalue weighted by Crippen LogP contribution is 2.18. The fourth-order valence-corrected chi connectivity index (χ4v) is 2.44. The Kier molecular flexibility index (Phi) is 4.97. The summed E-state index contributed by atoms with van der Waals surface area (Å²) in [5.74, 6) is 2.22. The maximum Gasteiger partial charge on any atom is 0.266 e. The normalized spacial score (nSPS) is 11.8. The van der Waals surface area contributed by atoms with Gasteiger partial charge in [-0.2, -0.15) is 0 Å². The van der Waals surface area contributed by atoms with Crippen LogP contribution in [0, 0.1) is 20.8 Å². The number of ether oxygens (including phenoxy) is 1. The smallest absolute Gasteiger partial charge is 0.266 e. The van der Waals surface area contributed by atoms with E-state index in [4.69, 9.17) is 4.74 Å². The molecule has 0 aliphatic heterocycles. The van der Waals surface area contributed by atoms with E-state index in [1.54, 1.807) is 25.4 Å². The van der Waals surface area contributed by atoms with Gasteiger partial charge in [0.15, 0.2) is 6.10 Å². The van der Waals surface area contributed by atoms with Crippen molar-refractivity contribution < 1.29 is 9.53 Å². The molecule has 0 fully saturated rings. The van der Waals surface area contributed by atoms with Gasteiger partial charge < -0.3 is 10.1 Å². The lowest BCUT2D eigenvalue weighted by atomic mass is 10.1. The zero-order valence-electron chi connectivity index (χ0n) is 15.2. The Balaban J connectivity index is 1.69. The fourth-order valence-electron chi connectivity index (χ4n) is 2.44. The lowest BCUT2D eigenvalue weighted by Gasteiger charge is -2.15. The number of carbonyl (C=O) groups excluding carboxylic acids is 1. The van der Waals surface area contributed by atoms with E-state index in [-0.39, 0.29) is 5.91 Å². The fraction of sp³-hybridized carbons (Fsp3) is 0.263. The van der Waals surface area contributed by atoms with Crippen LogP contribution in [0.1, 0.15) is 23.9 Å². The Morgan fingerprint density at radius 3 is 2.62 bits per heavy atom. The molecule has 7 heteroatoms. The first-order chi connectivity index (χ1) is 12.4. The number of benzene rings is 1. The van der Waals surface area contributed by atoms with Gasteiger partial charge in [0.05, 0.1) is 0 Å². The second kappa shape index (κ2) is 7.35. The van der Waals surface area contributed by atoms with E-state index in [1.807, 2.05) is 43.5 Å². The molecule has 26 heavy (non-hydrogen) atoms. The standard InChI is InChI=1S/C19H21N5O2/c1-12-5-6-16(9-13(12)2)26-14(3)19(25)23-17-10-18(22-11-21-17)24-8-7-20-15(24)4/h5-11,14H,1-4H3,(H,21,22,23,25). The van der Waals surface area contributed by atoms with Gasteiger partial charge in [0.2, 0.25) is 0 Å². The molecular formula is C19H21N5O2. The highest BCUT2D eigenvalue weighted by molar-refractivity contribution is 5.93. The average Bonchev–Trinajstić information content (AvgIpc) is 3.04. The van der Waals surface area contributed by atoms with E-state index >= 15 is 0 Å². The molecule has 2 heterocycles. The highest BCUT2D eigenvalue weighted by atomic mass is 16.5. The summed E-state index contributed by atoms with van der Waals surface area (Å²) in [4.78, 5) is 24.9. The lowest BCUT2D eigenvalue weighted by Crippen LogP contribution is -2.30. The third-order valence-electron chi connectivity index (χ3n) is 4.14. The third kappa shape index (κ3) is 3.88. The molecule has 3 aromatic rings. The molecule has 0 saturated carbocycles. The van der Waals surface area contributed by atoms with Crippen LogP contribution >= 0.6 is 0 Å². The molecule has 3 rings (SSSR count). The van der Waals surface area contributed by atoms with Crippen LogP contribution in [0.4, 0.5) is 5.82 Å². The van der Waals surface area contributed by atoms with Gasteiger partial charge in [0, 0.05) is 18.5 Å². The molecule has 0 aliphatic rings. The Labute approximate surface area is 152 Å². The first-order valence-corrected chi connectivity index (χ1v) is 8.31.